The van der Waals surface area contributed by atoms with Crippen LogP contribution < -0.4 is 0 Å². The maximum absolute atomic E-state index is 11.3. The zero-order valence-corrected chi connectivity index (χ0v) is 40.8. The molecule has 0 saturated carbocycles. The number of para-hydroxylation sites is 2. The number of aromatic hydroxyl groups is 1. The van der Waals surface area contributed by atoms with Crippen molar-refractivity contribution < 1.29 is 26.2 Å². The number of hydrogen-bond donors (Lipinski definition) is 1. The van der Waals surface area contributed by atoms with E-state index in [1.807, 2.05) is 30.5 Å². The third-order valence-electron chi connectivity index (χ3n) is 12.6. The molecule has 0 aliphatic heterocycles. The standard InChI is InChI=1S/C59H56N3O.Pt/c1-35(2)47-18-13-19-48(36(3)4)55(47)44-30-40-16-15-27-60-56(40)51(34-44)42-31-41(32-43(33-42)54-38(6)28-37(5)29-39(54)7)49-20-14-21-52-57(49)61-58(50-17-11-12-22-53(50)63)62(52)46-25-23-45(24-26-46)59(8,9)10;/h11-30,32-36,63H,1-10H3;/q-1;. The van der Waals surface area contributed by atoms with Gasteiger partial charge in [-0.2, -0.15) is 0 Å². The van der Waals surface area contributed by atoms with Gasteiger partial charge in [0.05, 0.1) is 16.6 Å². The van der Waals surface area contributed by atoms with Gasteiger partial charge in [-0.25, -0.2) is 4.98 Å². The molecule has 324 valence electrons. The van der Waals surface area contributed by atoms with Crippen LogP contribution in [0.25, 0.3) is 83.5 Å². The van der Waals surface area contributed by atoms with Gasteiger partial charge < -0.3 is 5.11 Å². The van der Waals surface area contributed by atoms with Gasteiger partial charge in [0.25, 0.3) is 0 Å². The first-order valence-corrected chi connectivity index (χ1v) is 22.3. The van der Waals surface area contributed by atoms with E-state index in [2.05, 4.69) is 183 Å². The first kappa shape index (κ1) is 44.5. The molecule has 0 spiro atoms. The minimum atomic E-state index is 0. The molecule has 7 aromatic carbocycles. The van der Waals surface area contributed by atoms with Gasteiger partial charge in [0.2, 0.25) is 0 Å². The Morgan fingerprint density at radius 2 is 1.20 bits per heavy atom. The molecule has 4 nitrogen and oxygen atoms in total. The summed E-state index contributed by atoms with van der Waals surface area (Å²) in [5.41, 5.74) is 20.7. The maximum atomic E-state index is 11.3. The predicted molar refractivity (Wildman–Crippen MR) is 265 cm³/mol. The van der Waals surface area contributed by atoms with E-state index < -0.39 is 0 Å². The van der Waals surface area contributed by atoms with Crippen LogP contribution in [0.15, 0.2) is 140 Å². The van der Waals surface area contributed by atoms with Crippen molar-refractivity contribution in [3.63, 3.8) is 0 Å². The van der Waals surface area contributed by atoms with E-state index in [0.29, 0.717) is 23.2 Å². The number of nitrogens with zero attached hydrogens (tertiary/aromatic N) is 3. The second kappa shape index (κ2) is 17.5. The fraction of sp³-hybridized carbons (Fsp3) is 0.220. The second-order valence-electron chi connectivity index (χ2n) is 18.9. The monoisotopic (exact) mass is 1020 g/mol. The van der Waals surface area contributed by atoms with Crippen LogP contribution in [0.2, 0.25) is 0 Å². The number of benzene rings is 7. The van der Waals surface area contributed by atoms with Crippen LogP contribution in [0.5, 0.6) is 5.75 Å². The van der Waals surface area contributed by atoms with Crippen LogP contribution >= 0.6 is 0 Å². The van der Waals surface area contributed by atoms with Crippen molar-refractivity contribution in [3.05, 3.63) is 179 Å². The molecule has 0 saturated heterocycles. The first-order chi connectivity index (χ1) is 30.2. The van der Waals surface area contributed by atoms with Gasteiger partial charge in [-0.3, -0.25) is 9.55 Å². The summed E-state index contributed by atoms with van der Waals surface area (Å²) >= 11 is 0. The molecule has 0 aliphatic rings. The van der Waals surface area contributed by atoms with Crippen molar-refractivity contribution in [2.75, 3.05) is 0 Å². The van der Waals surface area contributed by atoms with Gasteiger partial charge in [-0.1, -0.05) is 150 Å². The number of phenolic OH excluding ortho intramolecular Hbond substituents is 1. The Balaban J connectivity index is 0.00000560. The molecule has 2 heterocycles. The third-order valence-corrected chi connectivity index (χ3v) is 12.6. The van der Waals surface area contributed by atoms with Crippen molar-refractivity contribution in [2.24, 2.45) is 0 Å². The molecular weight excluding hydrogens is 962 g/mol. The van der Waals surface area contributed by atoms with Crippen LogP contribution in [0, 0.1) is 26.8 Å². The molecule has 1 N–H and O–H groups in total. The Kier molecular flexibility index (Phi) is 12.2. The fourth-order valence-corrected chi connectivity index (χ4v) is 9.60. The van der Waals surface area contributed by atoms with Crippen molar-refractivity contribution in [2.45, 2.75) is 86.5 Å². The Morgan fingerprint density at radius 3 is 1.84 bits per heavy atom. The second-order valence-corrected chi connectivity index (χ2v) is 18.9. The number of phenols is 1. The van der Waals surface area contributed by atoms with Crippen LogP contribution in [0.1, 0.15) is 93.7 Å². The maximum Gasteiger partial charge on any atom is 0.148 e. The van der Waals surface area contributed by atoms with E-state index in [1.54, 1.807) is 6.07 Å². The number of aryl methyl sites for hydroxylation is 3. The van der Waals surface area contributed by atoms with E-state index >= 15 is 0 Å². The molecule has 2 aromatic heterocycles. The molecule has 0 fully saturated rings. The van der Waals surface area contributed by atoms with E-state index in [0.717, 1.165) is 55.4 Å². The molecule has 0 radical (unpaired) electrons. The molecule has 5 heteroatoms. The molecule has 0 amide bonds. The van der Waals surface area contributed by atoms with Crippen molar-refractivity contribution in [1.29, 1.82) is 0 Å². The smallest absolute Gasteiger partial charge is 0.148 e. The zero-order valence-electron chi connectivity index (χ0n) is 38.5. The Labute approximate surface area is 393 Å². The minimum absolute atomic E-state index is 0. The molecular formula is C59H56N3OPt-. The normalized spacial score (nSPS) is 11.8. The number of pyridine rings is 1. The van der Waals surface area contributed by atoms with Gasteiger partial charge in [-0.05, 0) is 130 Å². The fourth-order valence-electron chi connectivity index (χ4n) is 9.60. The van der Waals surface area contributed by atoms with Crippen LogP contribution in [0.3, 0.4) is 0 Å². The zero-order chi connectivity index (χ0) is 44.3. The van der Waals surface area contributed by atoms with Gasteiger partial charge in [0.15, 0.2) is 0 Å². The van der Waals surface area contributed by atoms with Crippen LogP contribution in [-0.2, 0) is 26.5 Å². The number of rotatable bonds is 8. The summed E-state index contributed by atoms with van der Waals surface area (Å²) < 4.78 is 2.18. The molecule has 0 bridgehead atoms. The summed E-state index contributed by atoms with van der Waals surface area (Å²) in [5.74, 6) is 1.55. The summed E-state index contributed by atoms with van der Waals surface area (Å²) in [5, 5.41) is 12.4. The minimum Gasteiger partial charge on any atom is -0.507 e. The molecule has 0 aliphatic carbocycles. The summed E-state index contributed by atoms with van der Waals surface area (Å²) in [6.07, 6.45) is 1.90. The number of imidazole rings is 1. The quantitative estimate of drug-likeness (QED) is 0.154. The van der Waals surface area contributed by atoms with Gasteiger partial charge >= 0.3 is 0 Å². The Bertz CT molecular complexity index is 3150. The Hall–Kier alpha value is -6.09. The summed E-state index contributed by atoms with van der Waals surface area (Å²) in [6.45, 7) is 22.4. The Morgan fingerprint density at radius 1 is 0.594 bits per heavy atom. The third kappa shape index (κ3) is 8.14. The van der Waals surface area contributed by atoms with Crippen LogP contribution in [-0.4, -0.2) is 19.6 Å². The van der Waals surface area contributed by atoms with E-state index in [4.69, 9.17) is 9.97 Å². The predicted octanol–water partition coefficient (Wildman–Crippen LogP) is 15.9. The number of aromatic nitrogens is 3. The number of fused-ring (bicyclic) bond motifs is 2. The van der Waals surface area contributed by atoms with Crippen molar-refractivity contribution in [1.82, 2.24) is 14.5 Å². The molecule has 0 unspecified atom stereocenters. The largest absolute Gasteiger partial charge is 0.507 e. The summed E-state index contributed by atoms with van der Waals surface area (Å²) in [7, 11) is 0. The average Bonchev–Trinajstić information content (AvgIpc) is 3.64. The van der Waals surface area contributed by atoms with Crippen molar-refractivity contribution >= 4 is 21.9 Å². The van der Waals surface area contributed by atoms with Crippen molar-refractivity contribution in [3.8, 4) is 67.3 Å². The molecule has 9 rings (SSSR count). The van der Waals surface area contributed by atoms with Gasteiger partial charge in [-0.15, -0.1) is 29.3 Å². The first-order valence-electron chi connectivity index (χ1n) is 22.3. The molecule has 64 heavy (non-hydrogen) atoms. The number of hydrogen-bond acceptors (Lipinski definition) is 3. The summed E-state index contributed by atoms with van der Waals surface area (Å²) in [6, 6.07) is 51.4. The average molecular weight is 1020 g/mol. The molecule has 0 atom stereocenters. The topological polar surface area (TPSA) is 50.9 Å². The van der Waals surface area contributed by atoms with E-state index in [1.165, 1.54) is 50.1 Å². The van der Waals surface area contributed by atoms with E-state index in [9.17, 15) is 5.11 Å². The summed E-state index contributed by atoms with van der Waals surface area (Å²) in [4.78, 5) is 10.5. The SMILES string of the molecule is Cc1cc(C)c(-c2cc(-c3cc(-c4c(C(C)C)cccc4C(C)C)cc4cccnc34)[c-]c(-c3cccc4c3nc(-c3ccccc3O)n4-c3ccc(C(C)(C)C)cc3)c2)c(C)c1.[Pt]. The van der Waals surface area contributed by atoms with Crippen LogP contribution in [0.4, 0.5) is 0 Å². The van der Waals surface area contributed by atoms with E-state index in [-0.39, 0.29) is 32.2 Å². The van der Waals surface area contributed by atoms with Gasteiger partial charge in [0.1, 0.15) is 11.6 Å². The molecule has 9 aromatic rings. The van der Waals surface area contributed by atoms with Gasteiger partial charge in [0, 0.05) is 38.5 Å².